The first-order valence-electron chi connectivity index (χ1n) is 10.8. The van der Waals surface area contributed by atoms with E-state index in [0.717, 1.165) is 37.4 Å². The number of rotatable bonds is 9. The topological polar surface area (TPSA) is 52.7 Å². The minimum atomic E-state index is 0.0326. The van der Waals surface area contributed by atoms with Gasteiger partial charge in [-0.25, -0.2) is 0 Å². The number of thioether (sulfide) groups is 1. The second-order valence-corrected chi connectivity index (χ2v) is 8.62. The van der Waals surface area contributed by atoms with Gasteiger partial charge in [-0.1, -0.05) is 60.7 Å². The van der Waals surface area contributed by atoms with E-state index in [2.05, 4.69) is 33.8 Å². The molecular formula is C25H31N3O2S. The second kappa shape index (κ2) is 13.0. The third-order valence-electron chi connectivity index (χ3n) is 5.23. The Hall–Kier alpha value is -2.57. The minimum absolute atomic E-state index is 0.0326. The van der Waals surface area contributed by atoms with Crippen LogP contribution in [0.4, 0.5) is 0 Å². The van der Waals surface area contributed by atoms with E-state index in [1.165, 1.54) is 5.56 Å². The van der Waals surface area contributed by atoms with Crippen LogP contribution in [0.3, 0.4) is 0 Å². The third kappa shape index (κ3) is 8.59. The van der Waals surface area contributed by atoms with Crippen LogP contribution in [0.15, 0.2) is 66.1 Å². The lowest BCUT2D eigenvalue weighted by Crippen LogP contribution is -2.40. The maximum absolute atomic E-state index is 12.6. The number of hydrogen-bond acceptors (Lipinski definition) is 4. The van der Waals surface area contributed by atoms with Crippen molar-refractivity contribution in [2.75, 3.05) is 38.5 Å². The minimum Gasteiger partial charge on any atom is -0.351 e. The van der Waals surface area contributed by atoms with E-state index in [1.807, 2.05) is 53.4 Å². The molecule has 0 aliphatic carbocycles. The number of nitrogens with zero attached hydrogens (tertiary/aromatic N) is 2. The van der Waals surface area contributed by atoms with Gasteiger partial charge >= 0.3 is 0 Å². The highest BCUT2D eigenvalue weighted by Crippen LogP contribution is 2.12. The van der Waals surface area contributed by atoms with Gasteiger partial charge in [0.2, 0.25) is 11.8 Å². The molecular weight excluding hydrogens is 406 g/mol. The molecule has 1 heterocycles. The average molecular weight is 438 g/mol. The fourth-order valence-electron chi connectivity index (χ4n) is 3.50. The lowest BCUT2D eigenvalue weighted by atomic mass is 10.2. The molecule has 0 saturated carbocycles. The van der Waals surface area contributed by atoms with Crippen LogP contribution in [0.2, 0.25) is 0 Å². The van der Waals surface area contributed by atoms with Gasteiger partial charge in [0.1, 0.15) is 0 Å². The summed E-state index contributed by atoms with van der Waals surface area (Å²) >= 11 is 1.67. The van der Waals surface area contributed by atoms with Crippen LogP contribution in [0.25, 0.3) is 6.08 Å². The molecule has 31 heavy (non-hydrogen) atoms. The van der Waals surface area contributed by atoms with Gasteiger partial charge in [-0.05, 0) is 29.0 Å². The largest absolute Gasteiger partial charge is 0.351 e. The van der Waals surface area contributed by atoms with Crippen LogP contribution in [-0.4, -0.2) is 60.1 Å². The number of carbonyl (C=O) groups is 2. The fraction of sp³-hybridized carbons (Fsp3) is 0.360. The third-order valence-corrected chi connectivity index (χ3v) is 6.00. The molecule has 1 aliphatic heterocycles. The zero-order chi connectivity index (χ0) is 21.7. The molecule has 1 saturated heterocycles. The van der Waals surface area contributed by atoms with E-state index in [4.69, 9.17) is 0 Å². The number of hydrogen-bond donors (Lipinski definition) is 1. The quantitative estimate of drug-likeness (QED) is 0.609. The lowest BCUT2D eigenvalue weighted by molar-refractivity contribution is -0.130. The zero-order valence-electron chi connectivity index (χ0n) is 17.9. The van der Waals surface area contributed by atoms with Crippen LogP contribution >= 0.6 is 11.8 Å². The molecule has 2 aromatic carbocycles. The van der Waals surface area contributed by atoms with E-state index in [9.17, 15) is 9.59 Å². The maximum atomic E-state index is 12.6. The molecule has 6 heteroatoms. The molecule has 5 nitrogen and oxygen atoms in total. The summed E-state index contributed by atoms with van der Waals surface area (Å²) in [6, 6.07) is 20.1. The molecule has 0 aromatic heterocycles. The predicted octanol–water partition coefficient (Wildman–Crippen LogP) is 3.63. The lowest BCUT2D eigenvalue weighted by Gasteiger charge is -2.21. The first kappa shape index (κ1) is 23.1. The van der Waals surface area contributed by atoms with Gasteiger partial charge in [0.05, 0.1) is 6.54 Å². The normalized spacial score (nSPS) is 15.0. The molecule has 0 atom stereocenters. The van der Waals surface area contributed by atoms with Crippen molar-refractivity contribution in [1.82, 2.24) is 15.1 Å². The smallest absolute Gasteiger partial charge is 0.234 e. The van der Waals surface area contributed by atoms with Crippen molar-refractivity contribution >= 4 is 29.7 Å². The van der Waals surface area contributed by atoms with Crippen LogP contribution in [0.5, 0.6) is 0 Å². The van der Waals surface area contributed by atoms with Gasteiger partial charge in [0.25, 0.3) is 0 Å². The van der Waals surface area contributed by atoms with Crippen molar-refractivity contribution in [3.05, 3.63) is 77.2 Å². The van der Waals surface area contributed by atoms with E-state index < -0.39 is 0 Å². The summed E-state index contributed by atoms with van der Waals surface area (Å²) in [5, 5.41) is 5.04. The number of nitrogens with one attached hydrogen (secondary N) is 1. The van der Waals surface area contributed by atoms with E-state index >= 15 is 0 Å². The molecule has 2 amide bonds. The summed E-state index contributed by atoms with van der Waals surface area (Å²) in [4.78, 5) is 28.9. The van der Waals surface area contributed by atoms with Crippen molar-refractivity contribution in [2.24, 2.45) is 0 Å². The first-order chi connectivity index (χ1) is 15.2. The Labute approximate surface area is 189 Å². The zero-order valence-corrected chi connectivity index (χ0v) is 18.7. The number of carbonyl (C=O) groups excluding carboxylic acids is 2. The number of amides is 2. The Bertz CT molecular complexity index is 842. The van der Waals surface area contributed by atoms with Crippen LogP contribution in [0.1, 0.15) is 24.0 Å². The molecule has 0 bridgehead atoms. The Kier molecular flexibility index (Phi) is 9.67. The Morgan fingerprint density at radius 3 is 2.45 bits per heavy atom. The highest BCUT2D eigenvalue weighted by molar-refractivity contribution is 8.02. The molecule has 0 radical (unpaired) electrons. The highest BCUT2D eigenvalue weighted by Gasteiger charge is 2.20. The van der Waals surface area contributed by atoms with Gasteiger partial charge in [-0.2, -0.15) is 0 Å². The molecule has 0 unspecified atom stereocenters. The first-order valence-corrected chi connectivity index (χ1v) is 11.9. The summed E-state index contributed by atoms with van der Waals surface area (Å²) in [6.45, 7) is 3.98. The van der Waals surface area contributed by atoms with Crippen LogP contribution in [0, 0.1) is 0 Å². The summed E-state index contributed by atoms with van der Waals surface area (Å²) in [5.41, 5.74) is 2.27. The molecule has 0 spiro atoms. The van der Waals surface area contributed by atoms with E-state index in [-0.39, 0.29) is 11.8 Å². The van der Waals surface area contributed by atoms with Crippen LogP contribution in [-0.2, 0) is 16.1 Å². The molecule has 1 N–H and O–H groups in total. The number of benzene rings is 2. The fourth-order valence-corrected chi connectivity index (χ4v) is 4.18. The van der Waals surface area contributed by atoms with Crippen molar-refractivity contribution in [3.8, 4) is 0 Å². The van der Waals surface area contributed by atoms with Gasteiger partial charge in [0, 0.05) is 44.9 Å². The summed E-state index contributed by atoms with van der Waals surface area (Å²) in [7, 11) is 0. The van der Waals surface area contributed by atoms with E-state index in [0.29, 0.717) is 26.1 Å². The maximum Gasteiger partial charge on any atom is 0.234 e. The molecule has 1 aliphatic rings. The Balaban J connectivity index is 1.32. The van der Waals surface area contributed by atoms with Gasteiger partial charge in [0.15, 0.2) is 0 Å². The molecule has 164 valence electrons. The molecule has 2 aromatic rings. The van der Waals surface area contributed by atoms with E-state index in [1.54, 1.807) is 11.8 Å². The summed E-state index contributed by atoms with van der Waals surface area (Å²) < 4.78 is 0. The van der Waals surface area contributed by atoms with Crippen molar-refractivity contribution in [3.63, 3.8) is 0 Å². The second-order valence-electron chi connectivity index (χ2n) is 7.61. The van der Waals surface area contributed by atoms with Crippen LogP contribution < -0.4 is 5.32 Å². The van der Waals surface area contributed by atoms with Crippen molar-refractivity contribution in [1.29, 1.82) is 0 Å². The average Bonchev–Trinajstić information content (AvgIpc) is 3.04. The summed E-state index contributed by atoms with van der Waals surface area (Å²) in [5.74, 6) is 1.02. The molecule has 1 fully saturated rings. The monoisotopic (exact) mass is 437 g/mol. The van der Waals surface area contributed by atoms with Gasteiger partial charge in [-0.3, -0.25) is 14.5 Å². The summed E-state index contributed by atoms with van der Waals surface area (Å²) in [6.07, 6.45) is 3.52. The standard InChI is InChI=1S/C25H31N3O2S/c29-24(26-20-23-10-5-2-6-11-23)21-27-14-7-15-28(17-16-27)25(30)13-19-31-18-12-22-8-3-1-4-9-22/h1-6,8-12,18H,7,13-17,19-21H2,(H,26,29)/b18-12-. The Morgan fingerprint density at radius 2 is 1.68 bits per heavy atom. The van der Waals surface area contributed by atoms with Gasteiger partial charge in [-0.15, -0.1) is 11.8 Å². The van der Waals surface area contributed by atoms with Crippen molar-refractivity contribution < 1.29 is 9.59 Å². The molecule has 3 rings (SSSR count). The highest BCUT2D eigenvalue weighted by atomic mass is 32.2. The van der Waals surface area contributed by atoms with Crippen molar-refractivity contribution in [2.45, 2.75) is 19.4 Å². The predicted molar refractivity (Wildman–Crippen MR) is 128 cm³/mol. The van der Waals surface area contributed by atoms with Gasteiger partial charge < -0.3 is 10.2 Å². The SMILES string of the molecule is O=C(CN1CCCN(C(=O)CCS/C=C\c2ccccc2)CC1)NCc1ccccc1. The Morgan fingerprint density at radius 1 is 0.935 bits per heavy atom.